The first kappa shape index (κ1) is 8.49. The monoisotopic (exact) mass is 193 g/mol. The molecule has 0 aromatic carbocycles. The Kier molecular flexibility index (Phi) is 1.63. The Balaban J connectivity index is 2.93. The maximum Gasteiger partial charge on any atom is 0.338 e. The Morgan fingerprint density at radius 3 is 2.93 bits per heavy atom. The molecule has 0 amide bonds. The molecule has 0 unspecified atom stereocenters. The average molecular weight is 193 g/mol. The summed E-state index contributed by atoms with van der Waals surface area (Å²) in [5.41, 5.74) is -0.205. The lowest BCUT2D eigenvalue weighted by molar-refractivity contribution is 0.0699. The van der Waals surface area contributed by atoms with Crippen LogP contribution in [0.3, 0.4) is 0 Å². The SMILES string of the molecule is Cc1nc2[nH]cc(C(=O)O)c2c(=O)[nH]1. The van der Waals surface area contributed by atoms with Gasteiger partial charge in [0.1, 0.15) is 11.5 Å². The van der Waals surface area contributed by atoms with E-state index in [2.05, 4.69) is 15.0 Å². The molecule has 2 rings (SSSR count). The van der Waals surface area contributed by atoms with Gasteiger partial charge in [0.05, 0.1) is 10.9 Å². The lowest BCUT2D eigenvalue weighted by Gasteiger charge is -1.93. The van der Waals surface area contributed by atoms with Gasteiger partial charge in [0, 0.05) is 6.20 Å². The molecular formula is C8H7N3O3. The highest BCUT2D eigenvalue weighted by Gasteiger charge is 2.14. The molecule has 0 aliphatic rings. The van der Waals surface area contributed by atoms with Crippen molar-refractivity contribution in [2.24, 2.45) is 0 Å². The van der Waals surface area contributed by atoms with Crippen molar-refractivity contribution in [3.8, 4) is 0 Å². The summed E-state index contributed by atoms with van der Waals surface area (Å²) < 4.78 is 0. The number of aromatic nitrogens is 3. The van der Waals surface area contributed by atoms with E-state index in [1.807, 2.05) is 0 Å². The number of hydrogen-bond donors (Lipinski definition) is 3. The maximum absolute atomic E-state index is 11.4. The summed E-state index contributed by atoms with van der Waals surface area (Å²) in [5.74, 6) is -0.700. The minimum atomic E-state index is -1.15. The molecule has 2 aromatic rings. The second kappa shape index (κ2) is 2.69. The Morgan fingerprint density at radius 2 is 2.29 bits per heavy atom. The van der Waals surface area contributed by atoms with Crippen molar-refractivity contribution in [1.82, 2.24) is 15.0 Å². The predicted molar refractivity (Wildman–Crippen MR) is 48.4 cm³/mol. The van der Waals surface area contributed by atoms with E-state index in [1.165, 1.54) is 6.20 Å². The predicted octanol–water partition coefficient (Wildman–Crippen LogP) is 0.258. The summed E-state index contributed by atoms with van der Waals surface area (Å²) in [5, 5.41) is 8.85. The molecule has 2 heterocycles. The van der Waals surface area contributed by atoms with Gasteiger partial charge in [0.2, 0.25) is 0 Å². The molecule has 14 heavy (non-hydrogen) atoms. The van der Waals surface area contributed by atoms with E-state index in [4.69, 9.17) is 5.11 Å². The summed E-state index contributed by atoms with van der Waals surface area (Å²) in [7, 11) is 0. The lowest BCUT2D eigenvalue weighted by atomic mass is 10.2. The van der Waals surface area contributed by atoms with Gasteiger partial charge in [0.25, 0.3) is 5.56 Å². The van der Waals surface area contributed by atoms with Gasteiger partial charge in [-0.25, -0.2) is 9.78 Å². The van der Waals surface area contributed by atoms with Gasteiger partial charge in [-0.3, -0.25) is 4.79 Å². The van der Waals surface area contributed by atoms with E-state index in [-0.39, 0.29) is 10.9 Å². The van der Waals surface area contributed by atoms with Crippen molar-refractivity contribution in [3.05, 3.63) is 27.9 Å². The Morgan fingerprint density at radius 1 is 1.57 bits per heavy atom. The second-order valence-electron chi connectivity index (χ2n) is 2.88. The highest BCUT2D eigenvalue weighted by Crippen LogP contribution is 2.11. The van der Waals surface area contributed by atoms with Crippen LogP contribution in [0.15, 0.2) is 11.0 Å². The summed E-state index contributed by atoms with van der Waals surface area (Å²) in [4.78, 5) is 31.2. The van der Waals surface area contributed by atoms with Crippen LogP contribution in [0, 0.1) is 6.92 Å². The van der Waals surface area contributed by atoms with Crippen LogP contribution in [-0.2, 0) is 0 Å². The third kappa shape index (κ3) is 1.08. The van der Waals surface area contributed by atoms with Crippen molar-refractivity contribution in [3.63, 3.8) is 0 Å². The fraction of sp³-hybridized carbons (Fsp3) is 0.125. The smallest absolute Gasteiger partial charge is 0.338 e. The number of carboxylic acid groups (broad SMARTS) is 1. The van der Waals surface area contributed by atoms with Gasteiger partial charge < -0.3 is 15.1 Å². The highest BCUT2D eigenvalue weighted by atomic mass is 16.4. The number of nitrogens with zero attached hydrogens (tertiary/aromatic N) is 1. The number of aromatic carboxylic acids is 1. The molecule has 72 valence electrons. The molecule has 6 heteroatoms. The zero-order valence-corrected chi connectivity index (χ0v) is 7.29. The third-order valence-corrected chi connectivity index (χ3v) is 1.89. The topological polar surface area (TPSA) is 98.8 Å². The van der Waals surface area contributed by atoms with Gasteiger partial charge in [-0.2, -0.15) is 0 Å². The lowest BCUT2D eigenvalue weighted by Crippen LogP contribution is -2.11. The van der Waals surface area contributed by atoms with Gasteiger partial charge in [0.15, 0.2) is 0 Å². The Bertz CT molecular complexity index is 567. The van der Waals surface area contributed by atoms with Crippen LogP contribution in [0.5, 0.6) is 0 Å². The van der Waals surface area contributed by atoms with Crippen LogP contribution >= 0.6 is 0 Å². The van der Waals surface area contributed by atoms with Gasteiger partial charge in [-0.15, -0.1) is 0 Å². The first-order chi connectivity index (χ1) is 6.59. The number of carboxylic acids is 1. The van der Waals surface area contributed by atoms with Crippen LogP contribution in [0.2, 0.25) is 0 Å². The quantitative estimate of drug-likeness (QED) is 0.604. The van der Waals surface area contributed by atoms with Crippen molar-refractivity contribution in [2.45, 2.75) is 6.92 Å². The highest BCUT2D eigenvalue weighted by molar-refractivity contribution is 6.01. The van der Waals surface area contributed by atoms with E-state index in [1.54, 1.807) is 6.92 Å². The number of carbonyl (C=O) groups is 1. The minimum Gasteiger partial charge on any atom is -0.478 e. The van der Waals surface area contributed by atoms with E-state index >= 15 is 0 Å². The number of nitrogens with one attached hydrogen (secondary N) is 2. The van der Waals surface area contributed by atoms with Crippen LogP contribution in [0.4, 0.5) is 0 Å². The maximum atomic E-state index is 11.4. The summed E-state index contributed by atoms with van der Waals surface area (Å²) in [6.07, 6.45) is 1.26. The number of H-pyrrole nitrogens is 2. The molecule has 0 spiro atoms. The van der Waals surface area contributed by atoms with Crippen LogP contribution in [0.1, 0.15) is 16.2 Å². The minimum absolute atomic E-state index is 0.0613. The van der Waals surface area contributed by atoms with Crippen molar-refractivity contribution in [1.29, 1.82) is 0 Å². The standard InChI is InChI=1S/C8H7N3O3/c1-3-10-6-5(7(12)11-3)4(2-9-6)8(13)14/h2H,1H3,(H,13,14)(H2,9,10,11,12). The van der Waals surface area contributed by atoms with Gasteiger partial charge in [-0.05, 0) is 6.92 Å². The van der Waals surface area contributed by atoms with E-state index < -0.39 is 11.5 Å². The van der Waals surface area contributed by atoms with Crippen LogP contribution in [-0.4, -0.2) is 26.0 Å². The Labute approximate surface area is 77.6 Å². The molecule has 6 nitrogen and oxygen atoms in total. The Hall–Kier alpha value is -2.11. The average Bonchev–Trinajstić information content (AvgIpc) is 2.47. The summed E-state index contributed by atoms with van der Waals surface area (Å²) in [6, 6.07) is 0. The molecular weight excluding hydrogens is 186 g/mol. The third-order valence-electron chi connectivity index (χ3n) is 1.89. The first-order valence-corrected chi connectivity index (χ1v) is 3.91. The fourth-order valence-electron chi connectivity index (χ4n) is 1.32. The molecule has 0 aliphatic carbocycles. The molecule has 0 radical (unpaired) electrons. The number of rotatable bonds is 1. The zero-order chi connectivity index (χ0) is 10.3. The first-order valence-electron chi connectivity index (χ1n) is 3.91. The molecule has 3 N–H and O–H groups in total. The fourth-order valence-corrected chi connectivity index (χ4v) is 1.32. The second-order valence-corrected chi connectivity index (χ2v) is 2.88. The van der Waals surface area contributed by atoms with E-state index in [0.717, 1.165) is 0 Å². The molecule has 0 saturated heterocycles. The van der Waals surface area contributed by atoms with Crippen molar-refractivity contribution in [2.75, 3.05) is 0 Å². The number of aromatic amines is 2. The largest absolute Gasteiger partial charge is 0.478 e. The van der Waals surface area contributed by atoms with Crippen LogP contribution < -0.4 is 5.56 Å². The number of hydrogen-bond acceptors (Lipinski definition) is 3. The van der Waals surface area contributed by atoms with Gasteiger partial charge in [-0.1, -0.05) is 0 Å². The molecule has 0 aliphatic heterocycles. The molecule has 0 bridgehead atoms. The summed E-state index contributed by atoms with van der Waals surface area (Å²) >= 11 is 0. The van der Waals surface area contributed by atoms with E-state index in [9.17, 15) is 9.59 Å². The van der Waals surface area contributed by atoms with Crippen molar-refractivity contribution >= 4 is 17.0 Å². The molecule has 0 atom stereocenters. The van der Waals surface area contributed by atoms with Crippen molar-refractivity contribution < 1.29 is 9.90 Å². The number of fused-ring (bicyclic) bond motifs is 1. The normalized spacial score (nSPS) is 10.6. The zero-order valence-electron chi connectivity index (χ0n) is 7.29. The van der Waals surface area contributed by atoms with E-state index in [0.29, 0.717) is 11.5 Å². The van der Waals surface area contributed by atoms with Crippen LogP contribution in [0.25, 0.3) is 11.0 Å². The number of aryl methyl sites for hydroxylation is 1. The van der Waals surface area contributed by atoms with Gasteiger partial charge >= 0.3 is 5.97 Å². The molecule has 0 saturated carbocycles. The molecule has 2 aromatic heterocycles. The molecule has 0 fully saturated rings. The summed E-state index contributed by atoms with van der Waals surface area (Å²) in [6.45, 7) is 1.63.